The number of aliphatic hydroxyl groups is 1. The summed E-state index contributed by atoms with van der Waals surface area (Å²) in [6.45, 7) is 7.21. The van der Waals surface area contributed by atoms with Gasteiger partial charge < -0.3 is 19.9 Å². The lowest BCUT2D eigenvalue weighted by atomic mass is 9.91. The molecule has 0 aromatic carbocycles. The van der Waals surface area contributed by atoms with E-state index in [2.05, 4.69) is 36.7 Å². The number of aliphatic hydroxyl groups excluding tert-OH is 1. The monoisotopic (exact) mass is 287 g/mol. The molecule has 0 amide bonds. The Balaban J connectivity index is 2.15. The van der Waals surface area contributed by atoms with Crippen molar-refractivity contribution in [3.05, 3.63) is 22.4 Å². The highest BCUT2D eigenvalue weighted by atomic mass is 32.1. The van der Waals surface area contributed by atoms with Crippen LogP contribution in [0.1, 0.15) is 18.7 Å². The maximum Gasteiger partial charge on any atom is 0.0897 e. The number of methoxy groups -OCH3 is 1. The zero-order valence-corrected chi connectivity index (χ0v) is 12.8. The fourth-order valence-electron chi connectivity index (χ4n) is 1.72. The third-order valence-corrected chi connectivity index (χ3v) is 4.11. The highest BCUT2D eigenvalue weighted by Gasteiger charge is 2.21. The van der Waals surface area contributed by atoms with Crippen molar-refractivity contribution >= 4 is 11.3 Å². The minimum absolute atomic E-state index is 0.0881. The highest BCUT2D eigenvalue weighted by molar-refractivity contribution is 7.10. The van der Waals surface area contributed by atoms with Crippen LogP contribution in [0, 0.1) is 0 Å². The molecule has 0 aliphatic carbocycles. The van der Waals surface area contributed by atoms with Crippen molar-refractivity contribution in [1.29, 1.82) is 0 Å². The van der Waals surface area contributed by atoms with Gasteiger partial charge in [0.1, 0.15) is 0 Å². The fraction of sp³-hybridized carbons (Fsp3) is 0.714. The molecule has 4 nitrogen and oxygen atoms in total. The van der Waals surface area contributed by atoms with Gasteiger partial charge >= 0.3 is 0 Å². The van der Waals surface area contributed by atoms with E-state index in [1.165, 1.54) is 4.88 Å². The predicted octanol–water partition coefficient (Wildman–Crippen LogP) is 1.64. The van der Waals surface area contributed by atoms with Gasteiger partial charge in [0.05, 0.1) is 25.9 Å². The molecule has 1 atom stereocenters. The average Bonchev–Trinajstić information content (AvgIpc) is 2.89. The van der Waals surface area contributed by atoms with Crippen LogP contribution in [-0.4, -0.2) is 51.2 Å². The van der Waals surface area contributed by atoms with Crippen LogP contribution in [0.5, 0.6) is 0 Å². The van der Waals surface area contributed by atoms with Gasteiger partial charge in [-0.15, -0.1) is 11.3 Å². The number of ether oxygens (including phenoxy) is 2. The Morgan fingerprint density at radius 1 is 1.42 bits per heavy atom. The van der Waals surface area contributed by atoms with E-state index >= 15 is 0 Å². The molecule has 0 radical (unpaired) electrons. The van der Waals surface area contributed by atoms with E-state index in [1.54, 1.807) is 18.4 Å². The second-order valence-electron chi connectivity index (χ2n) is 5.21. The van der Waals surface area contributed by atoms with Crippen molar-refractivity contribution in [1.82, 2.24) is 5.32 Å². The first-order valence-corrected chi connectivity index (χ1v) is 7.43. The van der Waals surface area contributed by atoms with Gasteiger partial charge in [0.2, 0.25) is 0 Å². The molecule has 0 saturated carbocycles. The summed E-state index contributed by atoms with van der Waals surface area (Å²) in [5.74, 6) is 0. The van der Waals surface area contributed by atoms with E-state index in [9.17, 15) is 5.11 Å². The molecule has 19 heavy (non-hydrogen) atoms. The van der Waals surface area contributed by atoms with Crippen LogP contribution in [0.3, 0.4) is 0 Å². The van der Waals surface area contributed by atoms with Crippen LogP contribution in [0.15, 0.2) is 17.5 Å². The summed E-state index contributed by atoms with van der Waals surface area (Å²) in [7, 11) is 1.63. The van der Waals surface area contributed by atoms with Crippen molar-refractivity contribution in [3.8, 4) is 0 Å². The van der Waals surface area contributed by atoms with Gasteiger partial charge in [-0.1, -0.05) is 19.9 Å². The fourth-order valence-corrected chi connectivity index (χ4v) is 2.57. The zero-order chi connectivity index (χ0) is 14.1. The Morgan fingerprint density at radius 2 is 2.21 bits per heavy atom. The molecule has 5 heteroatoms. The van der Waals surface area contributed by atoms with Gasteiger partial charge in [0, 0.05) is 30.5 Å². The highest BCUT2D eigenvalue weighted by Crippen LogP contribution is 2.26. The molecule has 1 rings (SSSR count). The Hall–Kier alpha value is -0.460. The summed E-state index contributed by atoms with van der Waals surface area (Å²) >= 11 is 1.77. The zero-order valence-electron chi connectivity index (χ0n) is 12.0. The minimum atomic E-state index is -0.476. The van der Waals surface area contributed by atoms with Crippen LogP contribution in [-0.2, 0) is 14.9 Å². The Kier molecular flexibility index (Phi) is 7.56. The largest absolute Gasteiger partial charge is 0.389 e. The standard InChI is InChI=1S/C14H25NO3S/c1-14(2,13-5-4-8-19-13)11-15-9-12(16)10-18-7-6-17-3/h4-5,8,12,15-16H,6-7,9-11H2,1-3H3. The quantitative estimate of drug-likeness (QED) is 0.642. The summed E-state index contributed by atoms with van der Waals surface area (Å²) in [6, 6.07) is 4.22. The van der Waals surface area contributed by atoms with Crippen LogP contribution >= 0.6 is 11.3 Å². The number of rotatable bonds is 10. The van der Waals surface area contributed by atoms with Crippen molar-refractivity contribution in [2.45, 2.75) is 25.4 Å². The lowest BCUT2D eigenvalue weighted by Gasteiger charge is -2.24. The lowest BCUT2D eigenvalue weighted by Crippen LogP contribution is -2.38. The summed E-state index contributed by atoms with van der Waals surface area (Å²) in [5, 5.41) is 15.1. The number of thiophene rings is 1. The van der Waals surface area contributed by atoms with Crippen LogP contribution < -0.4 is 5.32 Å². The number of hydrogen-bond acceptors (Lipinski definition) is 5. The van der Waals surface area contributed by atoms with Gasteiger partial charge in [-0.3, -0.25) is 0 Å². The van der Waals surface area contributed by atoms with Gasteiger partial charge in [0.25, 0.3) is 0 Å². The van der Waals surface area contributed by atoms with Crippen LogP contribution in [0.2, 0.25) is 0 Å². The number of hydrogen-bond donors (Lipinski definition) is 2. The third kappa shape index (κ3) is 6.49. The second-order valence-corrected chi connectivity index (χ2v) is 6.16. The van der Waals surface area contributed by atoms with Crippen LogP contribution in [0.4, 0.5) is 0 Å². The molecule has 110 valence electrons. The molecule has 0 spiro atoms. The molecule has 0 aliphatic rings. The minimum Gasteiger partial charge on any atom is -0.389 e. The lowest BCUT2D eigenvalue weighted by molar-refractivity contribution is 0.0135. The first-order chi connectivity index (χ1) is 9.06. The molecule has 0 bridgehead atoms. The molecule has 0 aliphatic heterocycles. The first-order valence-electron chi connectivity index (χ1n) is 6.55. The van der Waals surface area contributed by atoms with E-state index in [1.807, 2.05) is 0 Å². The summed E-state index contributed by atoms with van der Waals surface area (Å²) in [6.07, 6.45) is -0.476. The Labute approximate surface area is 119 Å². The van der Waals surface area contributed by atoms with Gasteiger partial charge in [-0.2, -0.15) is 0 Å². The maximum absolute atomic E-state index is 9.75. The summed E-state index contributed by atoms with van der Waals surface area (Å²) < 4.78 is 10.1. The normalized spacial score (nSPS) is 13.7. The molecule has 2 N–H and O–H groups in total. The predicted molar refractivity (Wildman–Crippen MR) is 78.9 cm³/mol. The van der Waals surface area contributed by atoms with Crippen molar-refractivity contribution in [2.24, 2.45) is 0 Å². The Morgan fingerprint density at radius 3 is 2.84 bits per heavy atom. The van der Waals surface area contributed by atoms with Gasteiger partial charge in [0.15, 0.2) is 0 Å². The van der Waals surface area contributed by atoms with Gasteiger partial charge in [-0.05, 0) is 11.4 Å². The molecule has 1 heterocycles. The smallest absolute Gasteiger partial charge is 0.0897 e. The molecular formula is C14H25NO3S. The summed E-state index contributed by atoms with van der Waals surface area (Å²) in [5.41, 5.74) is 0.0881. The molecule has 1 unspecified atom stereocenters. The van der Waals surface area contributed by atoms with Gasteiger partial charge in [-0.25, -0.2) is 0 Å². The Bertz CT molecular complexity index is 327. The van der Waals surface area contributed by atoms with E-state index in [0.29, 0.717) is 26.4 Å². The second kappa shape index (κ2) is 8.66. The molecular weight excluding hydrogens is 262 g/mol. The van der Waals surface area contributed by atoms with E-state index < -0.39 is 6.10 Å². The van der Waals surface area contributed by atoms with Crippen LogP contribution in [0.25, 0.3) is 0 Å². The van der Waals surface area contributed by atoms with E-state index in [-0.39, 0.29) is 5.41 Å². The van der Waals surface area contributed by atoms with E-state index in [4.69, 9.17) is 9.47 Å². The van der Waals surface area contributed by atoms with E-state index in [0.717, 1.165) is 6.54 Å². The third-order valence-electron chi connectivity index (χ3n) is 2.88. The van der Waals surface area contributed by atoms with Crippen molar-refractivity contribution < 1.29 is 14.6 Å². The molecule has 0 fully saturated rings. The summed E-state index contributed by atoms with van der Waals surface area (Å²) in [4.78, 5) is 1.35. The first kappa shape index (κ1) is 16.6. The van der Waals surface area contributed by atoms with Crippen molar-refractivity contribution in [3.63, 3.8) is 0 Å². The maximum atomic E-state index is 9.75. The topological polar surface area (TPSA) is 50.7 Å². The SMILES string of the molecule is COCCOCC(O)CNCC(C)(C)c1cccs1. The molecule has 1 aromatic rings. The van der Waals surface area contributed by atoms with Crippen molar-refractivity contribution in [2.75, 3.05) is 40.0 Å². The number of nitrogens with one attached hydrogen (secondary N) is 1. The average molecular weight is 287 g/mol. The molecule has 0 saturated heterocycles. The molecule has 1 aromatic heterocycles.